The van der Waals surface area contributed by atoms with Crippen LogP contribution < -0.4 is 25.9 Å². The lowest BCUT2D eigenvalue weighted by Crippen LogP contribution is -2.65. The highest BCUT2D eigenvalue weighted by Gasteiger charge is 2.53. The number of nitrogens with zero attached hydrogens (tertiary/aromatic N) is 1. The third-order valence-corrected chi connectivity index (χ3v) is 12.5. The zero-order valence-corrected chi connectivity index (χ0v) is 30.0. The second-order valence-electron chi connectivity index (χ2n) is 15.3. The Kier molecular flexibility index (Phi) is 5.83. The summed E-state index contributed by atoms with van der Waals surface area (Å²) in [6.07, 6.45) is 0. The van der Waals surface area contributed by atoms with E-state index in [1.54, 1.807) is 0 Å². The molecule has 0 saturated carbocycles. The lowest BCUT2D eigenvalue weighted by Gasteiger charge is -2.45. The number of hydrogen-bond acceptors (Lipinski definition) is 3. The van der Waals surface area contributed by atoms with Crippen molar-refractivity contribution in [2.75, 3.05) is 0 Å². The van der Waals surface area contributed by atoms with Crippen molar-refractivity contribution in [2.24, 2.45) is 0 Å². The maximum Gasteiger partial charge on any atom is 0.261 e. The van der Waals surface area contributed by atoms with Crippen molar-refractivity contribution in [3.05, 3.63) is 193 Å². The van der Waals surface area contributed by atoms with Gasteiger partial charge in [0.1, 0.15) is 28.6 Å². The third kappa shape index (κ3) is 3.82. The van der Waals surface area contributed by atoms with Crippen LogP contribution in [0.1, 0.15) is 16.7 Å². The average molecular weight is 716 g/mol. The fourth-order valence-corrected chi connectivity index (χ4v) is 10.2. The van der Waals surface area contributed by atoms with E-state index in [1.807, 2.05) is 42.5 Å². The van der Waals surface area contributed by atoms with E-state index < -0.39 is 5.60 Å². The van der Waals surface area contributed by atoms with Crippen LogP contribution in [0.5, 0.6) is 23.0 Å². The van der Waals surface area contributed by atoms with E-state index in [0.717, 1.165) is 94.4 Å². The van der Waals surface area contributed by atoms with Gasteiger partial charge in [0.25, 0.3) is 6.71 Å². The van der Waals surface area contributed by atoms with Gasteiger partial charge in [-0.05, 0) is 109 Å². The van der Waals surface area contributed by atoms with Gasteiger partial charge in [-0.1, -0.05) is 121 Å². The molecule has 9 aromatic carbocycles. The molecule has 1 aromatic heterocycles. The number of hydrogen-bond donors (Lipinski definition) is 1. The minimum atomic E-state index is -1.49. The summed E-state index contributed by atoms with van der Waals surface area (Å²) in [7, 11) is 0. The molecule has 0 atom stereocenters. The highest BCUT2D eigenvalue weighted by Crippen LogP contribution is 2.48. The molecule has 0 aliphatic carbocycles. The molecule has 0 radical (unpaired) electrons. The van der Waals surface area contributed by atoms with Gasteiger partial charge >= 0.3 is 0 Å². The Hall–Kier alpha value is -7.08. The van der Waals surface area contributed by atoms with Gasteiger partial charge in [0.05, 0.1) is 11.0 Å². The second-order valence-corrected chi connectivity index (χ2v) is 15.3. The topological polar surface area (TPSA) is 43.6 Å². The van der Waals surface area contributed by atoms with Crippen molar-refractivity contribution in [3.8, 4) is 39.8 Å². The van der Waals surface area contributed by atoms with E-state index in [4.69, 9.17) is 9.47 Å². The molecular formula is C51H30BNO3. The normalized spacial score (nSPS) is 14.2. The van der Waals surface area contributed by atoms with E-state index in [-0.39, 0.29) is 6.71 Å². The number of fused-ring (bicyclic) bond motifs is 6. The zero-order chi connectivity index (χ0) is 36.7. The first-order valence-corrected chi connectivity index (χ1v) is 19.2. The molecule has 0 unspecified atom stereocenters. The van der Waals surface area contributed by atoms with E-state index in [9.17, 15) is 5.11 Å². The predicted molar refractivity (Wildman–Crippen MR) is 227 cm³/mol. The monoisotopic (exact) mass is 715 g/mol. The van der Waals surface area contributed by atoms with Gasteiger partial charge in [-0.2, -0.15) is 0 Å². The summed E-state index contributed by atoms with van der Waals surface area (Å²) in [4.78, 5) is 0. The highest BCUT2D eigenvalue weighted by atomic mass is 16.5. The first-order chi connectivity index (χ1) is 27.6. The molecule has 0 saturated heterocycles. The first-order valence-electron chi connectivity index (χ1n) is 19.2. The number of ether oxygens (including phenoxy) is 2. The highest BCUT2D eigenvalue weighted by molar-refractivity contribution is 6.99. The number of rotatable bonds is 3. The van der Waals surface area contributed by atoms with Gasteiger partial charge in [-0.15, -0.1) is 0 Å². The van der Waals surface area contributed by atoms with Gasteiger partial charge in [0.2, 0.25) is 0 Å². The molecular weight excluding hydrogens is 685 g/mol. The minimum absolute atomic E-state index is 0.106. The van der Waals surface area contributed by atoms with Crippen molar-refractivity contribution in [1.29, 1.82) is 0 Å². The minimum Gasteiger partial charge on any atom is -0.458 e. The third-order valence-electron chi connectivity index (χ3n) is 12.5. The molecule has 1 N–H and O–H groups in total. The van der Waals surface area contributed by atoms with Crippen LogP contribution in [-0.4, -0.2) is 16.4 Å². The lowest BCUT2D eigenvalue weighted by molar-refractivity contribution is 0.128. The summed E-state index contributed by atoms with van der Waals surface area (Å²) in [6.45, 7) is -0.106. The fraction of sp³-hybridized carbons (Fsp3) is 0.0196. The van der Waals surface area contributed by atoms with Crippen LogP contribution in [0.3, 0.4) is 0 Å². The van der Waals surface area contributed by atoms with Crippen LogP contribution in [0.25, 0.3) is 60.2 Å². The SMILES string of the molecule is OC1(c2cccc3ccc4ccc(-c5ccc(-n6c7ccccc7c7ccccc76)cc5)cc4c23)c2cccc3c2B2c4c(cccc4Oc4cccc1c42)O3. The van der Waals surface area contributed by atoms with E-state index in [2.05, 4.69) is 138 Å². The van der Waals surface area contributed by atoms with Crippen LogP contribution in [0.2, 0.25) is 0 Å². The van der Waals surface area contributed by atoms with Crippen molar-refractivity contribution < 1.29 is 14.6 Å². The van der Waals surface area contributed by atoms with Gasteiger partial charge in [-0.25, -0.2) is 0 Å². The second kappa shape index (κ2) is 10.8. The summed E-state index contributed by atoms with van der Waals surface area (Å²) in [6, 6.07) is 61.7. The number of aromatic nitrogens is 1. The Morgan fingerprint density at radius 3 is 1.61 bits per heavy atom. The molecule has 5 heteroatoms. The van der Waals surface area contributed by atoms with Gasteiger partial charge in [0, 0.05) is 27.5 Å². The number of aliphatic hydroxyl groups is 1. The molecule has 0 bridgehead atoms. The lowest BCUT2D eigenvalue weighted by atomic mass is 9.30. The Bertz CT molecular complexity index is 3220. The molecule has 4 heterocycles. The quantitative estimate of drug-likeness (QED) is 0.146. The number of para-hydroxylation sites is 2. The maximum absolute atomic E-state index is 13.7. The molecule has 3 aliphatic rings. The fourth-order valence-electron chi connectivity index (χ4n) is 10.2. The molecule has 10 aromatic rings. The Morgan fingerprint density at radius 2 is 0.946 bits per heavy atom. The summed E-state index contributed by atoms with van der Waals surface area (Å²) in [5, 5.41) is 20.5. The van der Waals surface area contributed by atoms with Gasteiger partial charge in [0.15, 0.2) is 0 Å². The Labute approximate surface area is 322 Å². The standard InChI is InChI=1S/C51H30BNO3/c54-51(39-13-6-17-43-48(39)52-49-40(51)14-7-18-44(49)56-46-20-8-19-45(55-43)50(46)52)38-12-5-9-32-23-21-31-22-24-33(29-37(31)47(32)38)30-25-27-34(28-26-30)53-41-15-3-1-10-35(41)36-11-2-4-16-42(36)53/h1-29,54H. The van der Waals surface area contributed by atoms with E-state index in [1.165, 1.54) is 21.8 Å². The average Bonchev–Trinajstić information content (AvgIpc) is 3.59. The van der Waals surface area contributed by atoms with Crippen LogP contribution in [0.4, 0.5) is 0 Å². The molecule has 0 amide bonds. The molecule has 0 fully saturated rings. The van der Waals surface area contributed by atoms with Crippen LogP contribution in [0, 0.1) is 0 Å². The molecule has 260 valence electrons. The zero-order valence-electron chi connectivity index (χ0n) is 30.0. The molecule has 3 aliphatic heterocycles. The summed E-state index contributed by atoms with van der Waals surface area (Å²) in [5.74, 6) is 3.15. The first kappa shape index (κ1) is 30.3. The molecule has 0 spiro atoms. The Morgan fingerprint density at radius 1 is 0.429 bits per heavy atom. The largest absolute Gasteiger partial charge is 0.458 e. The van der Waals surface area contributed by atoms with E-state index in [0.29, 0.717) is 0 Å². The summed E-state index contributed by atoms with van der Waals surface area (Å²) < 4.78 is 15.5. The summed E-state index contributed by atoms with van der Waals surface area (Å²) >= 11 is 0. The van der Waals surface area contributed by atoms with Crippen molar-refractivity contribution in [3.63, 3.8) is 0 Å². The van der Waals surface area contributed by atoms with Gasteiger partial charge in [-0.3, -0.25) is 0 Å². The number of benzene rings is 9. The molecule has 4 nitrogen and oxygen atoms in total. The molecule has 13 rings (SSSR count). The van der Waals surface area contributed by atoms with Crippen molar-refractivity contribution >= 4 is 66.5 Å². The maximum atomic E-state index is 13.7. The van der Waals surface area contributed by atoms with Crippen LogP contribution >= 0.6 is 0 Å². The van der Waals surface area contributed by atoms with Crippen LogP contribution in [0.15, 0.2) is 176 Å². The Balaban J connectivity index is 1.01. The summed E-state index contributed by atoms with van der Waals surface area (Å²) in [5.41, 5.74) is 9.81. The molecule has 56 heavy (non-hydrogen) atoms. The van der Waals surface area contributed by atoms with Crippen molar-refractivity contribution in [1.82, 2.24) is 4.57 Å². The van der Waals surface area contributed by atoms with Gasteiger partial charge < -0.3 is 19.1 Å². The van der Waals surface area contributed by atoms with Crippen LogP contribution in [-0.2, 0) is 5.60 Å². The van der Waals surface area contributed by atoms with Crippen molar-refractivity contribution in [2.45, 2.75) is 5.60 Å². The predicted octanol–water partition coefficient (Wildman–Crippen LogP) is 10.1. The van der Waals surface area contributed by atoms with E-state index >= 15 is 0 Å². The smallest absolute Gasteiger partial charge is 0.261 e.